The molecule has 1 aromatic heterocycles. The summed E-state index contributed by atoms with van der Waals surface area (Å²) in [6.07, 6.45) is 1.80. The largest absolute Gasteiger partial charge is 0.473 e. The topological polar surface area (TPSA) is 34.1 Å². The Morgan fingerprint density at radius 2 is 2.00 bits per heavy atom. The molecular formula is C16H18BrClN2O. The summed E-state index contributed by atoms with van der Waals surface area (Å²) in [5.74, 6) is 0.604. The summed E-state index contributed by atoms with van der Waals surface area (Å²) in [5, 5.41) is 4.13. The van der Waals surface area contributed by atoms with Gasteiger partial charge in [0.25, 0.3) is 0 Å². The average molecular weight is 370 g/mol. The molecule has 0 aliphatic carbocycles. The number of anilines is 1. The van der Waals surface area contributed by atoms with Crippen LogP contribution >= 0.6 is 27.5 Å². The van der Waals surface area contributed by atoms with E-state index in [9.17, 15) is 0 Å². The van der Waals surface area contributed by atoms with Crippen LogP contribution in [0, 0.1) is 0 Å². The molecule has 0 amide bonds. The highest BCUT2D eigenvalue weighted by molar-refractivity contribution is 9.10. The number of rotatable bonds is 5. The number of ether oxygens (including phenoxy) is 1. The number of halogens is 2. The van der Waals surface area contributed by atoms with E-state index in [1.54, 1.807) is 6.20 Å². The molecule has 112 valence electrons. The van der Waals surface area contributed by atoms with Crippen molar-refractivity contribution in [1.29, 1.82) is 0 Å². The van der Waals surface area contributed by atoms with Gasteiger partial charge in [0.05, 0.1) is 17.8 Å². The first-order chi connectivity index (χ1) is 9.97. The van der Waals surface area contributed by atoms with Crippen LogP contribution in [-0.4, -0.2) is 11.1 Å². The van der Waals surface area contributed by atoms with Gasteiger partial charge in [0, 0.05) is 15.7 Å². The first kappa shape index (κ1) is 16.1. The third-order valence-electron chi connectivity index (χ3n) is 2.92. The second-order valence-corrected chi connectivity index (χ2v) is 6.38. The molecule has 2 rings (SSSR count). The smallest absolute Gasteiger partial charge is 0.237 e. The van der Waals surface area contributed by atoms with Crippen molar-refractivity contribution in [3.05, 3.63) is 51.6 Å². The maximum absolute atomic E-state index is 6.30. The Balaban J connectivity index is 2.21. The van der Waals surface area contributed by atoms with E-state index in [2.05, 4.69) is 33.2 Å². The molecule has 0 bridgehead atoms. The van der Waals surface area contributed by atoms with Gasteiger partial charge >= 0.3 is 0 Å². The lowest BCUT2D eigenvalue weighted by atomic mass is 10.1. The van der Waals surface area contributed by atoms with Crippen LogP contribution in [0.2, 0.25) is 5.02 Å². The minimum absolute atomic E-state index is 0.0457. The van der Waals surface area contributed by atoms with Gasteiger partial charge in [0.1, 0.15) is 0 Å². The first-order valence-electron chi connectivity index (χ1n) is 6.80. The van der Waals surface area contributed by atoms with Gasteiger partial charge in [-0.1, -0.05) is 33.6 Å². The van der Waals surface area contributed by atoms with Crippen LogP contribution in [0.15, 0.2) is 41.0 Å². The van der Waals surface area contributed by atoms with Crippen molar-refractivity contribution in [2.45, 2.75) is 32.9 Å². The SMILES string of the molecule is CC(C)Oc1ncccc1NC(C)c1ccc(Br)cc1Cl. The van der Waals surface area contributed by atoms with E-state index in [4.69, 9.17) is 16.3 Å². The molecule has 2 aromatic rings. The fourth-order valence-electron chi connectivity index (χ4n) is 1.98. The average Bonchev–Trinajstić information content (AvgIpc) is 2.40. The van der Waals surface area contributed by atoms with Crippen molar-refractivity contribution >= 4 is 33.2 Å². The van der Waals surface area contributed by atoms with Crippen LogP contribution in [0.5, 0.6) is 5.88 Å². The quantitative estimate of drug-likeness (QED) is 0.760. The lowest BCUT2D eigenvalue weighted by Gasteiger charge is -2.20. The summed E-state index contributed by atoms with van der Waals surface area (Å²) in [6, 6.07) is 9.75. The monoisotopic (exact) mass is 368 g/mol. The van der Waals surface area contributed by atoms with Crippen LogP contribution in [0.4, 0.5) is 5.69 Å². The van der Waals surface area contributed by atoms with Gasteiger partial charge in [-0.2, -0.15) is 0 Å². The number of hydrogen-bond donors (Lipinski definition) is 1. The van der Waals surface area contributed by atoms with E-state index in [-0.39, 0.29) is 12.1 Å². The van der Waals surface area contributed by atoms with E-state index < -0.39 is 0 Å². The third-order valence-corrected chi connectivity index (χ3v) is 3.74. The summed E-state index contributed by atoms with van der Waals surface area (Å²) in [5.41, 5.74) is 1.89. The summed E-state index contributed by atoms with van der Waals surface area (Å²) in [4.78, 5) is 4.28. The van der Waals surface area contributed by atoms with Crippen LogP contribution < -0.4 is 10.1 Å². The Morgan fingerprint density at radius 1 is 1.24 bits per heavy atom. The summed E-state index contributed by atoms with van der Waals surface area (Å²) >= 11 is 9.71. The number of aromatic nitrogens is 1. The van der Waals surface area contributed by atoms with Gasteiger partial charge in [-0.15, -0.1) is 0 Å². The van der Waals surface area contributed by atoms with Crippen molar-refractivity contribution in [3.8, 4) is 5.88 Å². The second-order valence-electron chi connectivity index (χ2n) is 5.05. The fourth-order valence-corrected chi connectivity index (χ4v) is 2.82. The van der Waals surface area contributed by atoms with E-state index in [1.807, 2.05) is 44.2 Å². The molecule has 0 aliphatic heterocycles. The zero-order chi connectivity index (χ0) is 15.4. The number of hydrogen-bond acceptors (Lipinski definition) is 3. The predicted octanol–water partition coefficient (Wildman–Crippen LogP) is 5.46. The zero-order valence-corrected chi connectivity index (χ0v) is 14.6. The fraction of sp³-hybridized carbons (Fsp3) is 0.312. The van der Waals surface area contributed by atoms with Crippen molar-refractivity contribution in [2.75, 3.05) is 5.32 Å². The molecule has 1 heterocycles. The highest BCUT2D eigenvalue weighted by atomic mass is 79.9. The molecule has 0 fully saturated rings. The van der Waals surface area contributed by atoms with Crippen molar-refractivity contribution in [3.63, 3.8) is 0 Å². The zero-order valence-electron chi connectivity index (χ0n) is 12.2. The molecule has 3 nitrogen and oxygen atoms in total. The maximum Gasteiger partial charge on any atom is 0.237 e. The molecule has 0 aliphatic rings. The number of benzene rings is 1. The molecule has 0 saturated carbocycles. The molecule has 5 heteroatoms. The van der Waals surface area contributed by atoms with Gasteiger partial charge in [-0.3, -0.25) is 0 Å². The third kappa shape index (κ3) is 4.35. The van der Waals surface area contributed by atoms with Crippen molar-refractivity contribution in [1.82, 2.24) is 4.98 Å². The Labute approximate surface area is 138 Å². The van der Waals surface area contributed by atoms with Gasteiger partial charge in [-0.25, -0.2) is 4.98 Å². The van der Waals surface area contributed by atoms with E-state index >= 15 is 0 Å². The lowest BCUT2D eigenvalue weighted by molar-refractivity contribution is 0.234. The Bertz CT molecular complexity index is 619. The molecule has 1 aromatic carbocycles. The summed E-state index contributed by atoms with van der Waals surface area (Å²) < 4.78 is 6.68. The van der Waals surface area contributed by atoms with Gasteiger partial charge in [0.15, 0.2) is 0 Å². The molecule has 1 atom stereocenters. The molecule has 0 radical (unpaired) electrons. The highest BCUT2D eigenvalue weighted by Gasteiger charge is 2.13. The number of nitrogens with one attached hydrogen (secondary N) is 1. The molecule has 1 unspecified atom stereocenters. The predicted molar refractivity (Wildman–Crippen MR) is 91.2 cm³/mol. The number of nitrogens with zero attached hydrogens (tertiary/aromatic N) is 1. The van der Waals surface area contributed by atoms with Crippen LogP contribution in [0.1, 0.15) is 32.4 Å². The first-order valence-corrected chi connectivity index (χ1v) is 7.97. The Hall–Kier alpha value is -1.26. The minimum atomic E-state index is 0.0457. The van der Waals surface area contributed by atoms with Gasteiger partial charge in [0.2, 0.25) is 5.88 Å². The summed E-state index contributed by atoms with van der Waals surface area (Å²) in [6.45, 7) is 6.02. The van der Waals surface area contributed by atoms with Crippen LogP contribution in [0.25, 0.3) is 0 Å². The van der Waals surface area contributed by atoms with Crippen molar-refractivity contribution in [2.24, 2.45) is 0 Å². The van der Waals surface area contributed by atoms with E-state index in [0.717, 1.165) is 20.7 Å². The van der Waals surface area contributed by atoms with Crippen LogP contribution in [0.3, 0.4) is 0 Å². The van der Waals surface area contributed by atoms with Crippen LogP contribution in [-0.2, 0) is 0 Å². The minimum Gasteiger partial charge on any atom is -0.473 e. The summed E-state index contributed by atoms with van der Waals surface area (Å²) in [7, 11) is 0. The van der Waals surface area contributed by atoms with Gasteiger partial charge < -0.3 is 10.1 Å². The molecule has 0 saturated heterocycles. The van der Waals surface area contributed by atoms with E-state index in [0.29, 0.717) is 5.88 Å². The maximum atomic E-state index is 6.30. The normalized spacial score (nSPS) is 12.3. The molecular weight excluding hydrogens is 352 g/mol. The lowest BCUT2D eigenvalue weighted by Crippen LogP contribution is -2.12. The molecule has 21 heavy (non-hydrogen) atoms. The Kier molecular flexibility index (Phi) is 5.48. The molecule has 1 N–H and O–H groups in total. The molecule has 0 spiro atoms. The van der Waals surface area contributed by atoms with Crippen molar-refractivity contribution < 1.29 is 4.74 Å². The standard InChI is InChI=1S/C16H18BrClN2O/c1-10(2)21-16-15(5-4-8-19-16)20-11(3)13-7-6-12(17)9-14(13)18/h4-11,20H,1-3H3. The number of pyridine rings is 1. The Morgan fingerprint density at radius 3 is 2.67 bits per heavy atom. The second kappa shape index (κ2) is 7.14. The van der Waals surface area contributed by atoms with Gasteiger partial charge in [-0.05, 0) is 50.6 Å². The highest BCUT2D eigenvalue weighted by Crippen LogP contribution is 2.31. The van der Waals surface area contributed by atoms with E-state index in [1.165, 1.54) is 0 Å².